The van der Waals surface area contributed by atoms with Gasteiger partial charge in [0.15, 0.2) is 11.4 Å². The molecule has 15 heteroatoms. The number of nitrogens with zero attached hydrogens (tertiary/aromatic N) is 4. The summed E-state index contributed by atoms with van der Waals surface area (Å²) in [7, 11) is 1.56. The Morgan fingerprint density at radius 1 is 1.02 bits per heavy atom. The highest BCUT2D eigenvalue weighted by Crippen LogP contribution is 2.35. The summed E-state index contributed by atoms with van der Waals surface area (Å²) in [6.07, 6.45) is 8.33. The van der Waals surface area contributed by atoms with E-state index >= 15 is 0 Å². The summed E-state index contributed by atoms with van der Waals surface area (Å²) in [6, 6.07) is 17.5. The maximum atomic E-state index is 13.0. The van der Waals surface area contributed by atoms with Crippen LogP contribution in [0.3, 0.4) is 0 Å². The van der Waals surface area contributed by atoms with Crippen molar-refractivity contribution >= 4 is 105 Å². The molecule has 0 aliphatic carbocycles. The van der Waals surface area contributed by atoms with Crippen molar-refractivity contribution in [1.82, 2.24) is 19.7 Å². The number of nitrogens with one attached hydrogen (secondary N) is 2. The number of aromatic nitrogens is 3. The Morgan fingerprint density at radius 2 is 1.73 bits per heavy atom. The Hall–Kier alpha value is -4.13. The van der Waals surface area contributed by atoms with Crippen LogP contribution in [0.15, 0.2) is 89.9 Å². The number of amides is 3. The van der Waals surface area contributed by atoms with Gasteiger partial charge < -0.3 is 20.3 Å². The number of anilines is 2. The highest BCUT2D eigenvalue weighted by atomic mass is 79.9. The van der Waals surface area contributed by atoms with Crippen LogP contribution in [-0.2, 0) is 27.4 Å². The van der Waals surface area contributed by atoms with E-state index in [-0.39, 0.29) is 55.3 Å². The molecule has 0 saturated heterocycles. The quantitative estimate of drug-likeness (QED) is 0.134. The third kappa shape index (κ3) is 9.96. The van der Waals surface area contributed by atoms with Crippen LogP contribution in [-0.4, -0.2) is 45.7 Å². The molecule has 49 heavy (non-hydrogen) atoms. The summed E-state index contributed by atoms with van der Waals surface area (Å²) in [5.74, 6) is -0.450. The molecule has 256 valence electrons. The average molecular weight is 809 g/mol. The number of halogens is 5. The van der Waals surface area contributed by atoms with Crippen LogP contribution in [0.2, 0.25) is 10.0 Å². The number of aryl methyl sites for hydroxylation is 1. The molecule has 2 aromatic carbocycles. The number of carbonyl (C=O) groups excluding carboxylic acids is 3. The van der Waals surface area contributed by atoms with Crippen molar-refractivity contribution in [2.75, 3.05) is 23.8 Å². The molecule has 5 aromatic rings. The van der Waals surface area contributed by atoms with E-state index in [1.165, 1.54) is 11.0 Å². The number of rotatable bonds is 11. The summed E-state index contributed by atoms with van der Waals surface area (Å²) in [5.41, 5.74) is 4.60. The van der Waals surface area contributed by atoms with E-state index in [2.05, 4.69) is 36.5 Å². The van der Waals surface area contributed by atoms with Crippen LogP contribution in [0.4, 0.5) is 11.4 Å². The molecule has 0 saturated carbocycles. The van der Waals surface area contributed by atoms with E-state index in [0.717, 1.165) is 21.4 Å². The fourth-order valence-corrected chi connectivity index (χ4v) is 5.56. The van der Waals surface area contributed by atoms with Crippen molar-refractivity contribution < 1.29 is 19.1 Å². The van der Waals surface area contributed by atoms with Crippen LogP contribution in [0.1, 0.15) is 22.4 Å². The first kappa shape index (κ1) is 39.3. The summed E-state index contributed by atoms with van der Waals surface area (Å²) < 4.78 is 8.75. The highest BCUT2D eigenvalue weighted by Gasteiger charge is 2.20. The van der Waals surface area contributed by atoms with Gasteiger partial charge in [0.1, 0.15) is 11.2 Å². The molecular formula is C34H31BrCl4N6O4. The number of likely N-dealkylation sites (N-methyl/N-ethyl adjacent to an activating group) is 1. The third-order valence-corrected chi connectivity index (χ3v) is 8.87. The zero-order valence-electron chi connectivity index (χ0n) is 26.2. The lowest BCUT2D eigenvalue weighted by atomic mass is 10.1. The Balaban J connectivity index is 0.00000325. The molecule has 0 fully saturated rings. The molecule has 0 spiro atoms. The minimum absolute atomic E-state index is 0. The lowest BCUT2D eigenvalue weighted by molar-refractivity contribution is -0.122. The number of imidazole rings is 1. The van der Waals surface area contributed by atoms with E-state index in [9.17, 15) is 14.4 Å². The molecule has 0 unspecified atom stereocenters. The number of hydrogen-bond acceptors (Lipinski definition) is 6. The van der Waals surface area contributed by atoms with Gasteiger partial charge in [0.05, 0.1) is 29.4 Å². The summed E-state index contributed by atoms with van der Waals surface area (Å²) in [4.78, 5) is 47.6. The van der Waals surface area contributed by atoms with Crippen LogP contribution in [0.25, 0.3) is 11.7 Å². The van der Waals surface area contributed by atoms with Gasteiger partial charge in [-0.2, -0.15) is 0 Å². The average Bonchev–Trinajstić information content (AvgIpc) is 3.36. The van der Waals surface area contributed by atoms with Gasteiger partial charge in [-0.3, -0.25) is 23.8 Å². The van der Waals surface area contributed by atoms with E-state index in [4.69, 9.17) is 27.9 Å². The molecule has 5 rings (SSSR count). The topological polar surface area (TPSA) is 118 Å². The summed E-state index contributed by atoms with van der Waals surface area (Å²) in [6.45, 7) is 1.67. The fourth-order valence-electron chi connectivity index (χ4n) is 4.58. The second-order valence-electron chi connectivity index (χ2n) is 10.4. The SMILES string of the molecule is Cc1nc2c(OCc3c(Cl)ccc(N(C)C(=O)CNC(=O)C=Cc4ccc(NC(=O)Cc5ccncc5)cc4)c3Cl)cccn2c1Br.Cl.Cl. The number of hydrogen-bond donors (Lipinski definition) is 2. The lowest BCUT2D eigenvalue weighted by Crippen LogP contribution is -2.37. The standard InChI is InChI=1S/C34H29BrCl2N6O4.2ClH/c1-21-33(35)43-17-3-4-28(34(43)40-21)47-20-25-26(36)10-11-27(32(25)37)42(2)31(46)19-39-29(44)12-7-22-5-8-24(9-6-22)41-30(45)18-23-13-15-38-16-14-23;;/h3-17H,18-20H2,1-2H3,(H,39,44)(H,41,45);2*1H. The minimum atomic E-state index is -0.451. The molecule has 10 nitrogen and oxygen atoms in total. The molecule has 0 aliphatic rings. The number of fused-ring (bicyclic) bond motifs is 1. The smallest absolute Gasteiger partial charge is 0.246 e. The Kier molecular flexibility index (Phi) is 14.5. The van der Waals surface area contributed by atoms with Crippen LogP contribution in [0.5, 0.6) is 5.75 Å². The van der Waals surface area contributed by atoms with Crippen molar-refractivity contribution in [1.29, 1.82) is 0 Å². The van der Waals surface area contributed by atoms with Gasteiger partial charge in [-0.05, 0) is 88.6 Å². The molecule has 0 atom stereocenters. The number of carbonyl (C=O) groups is 3. The predicted octanol–water partition coefficient (Wildman–Crippen LogP) is 7.50. The Labute approximate surface area is 313 Å². The molecule has 3 aromatic heterocycles. The summed E-state index contributed by atoms with van der Waals surface area (Å²) in [5, 5.41) is 6.07. The number of ether oxygens (including phenoxy) is 1. The lowest BCUT2D eigenvalue weighted by Gasteiger charge is -2.21. The van der Waals surface area contributed by atoms with Crippen molar-refractivity contribution in [2.24, 2.45) is 0 Å². The molecule has 3 heterocycles. The Morgan fingerprint density at radius 3 is 2.45 bits per heavy atom. The third-order valence-electron chi connectivity index (χ3n) is 7.14. The minimum Gasteiger partial charge on any atom is -0.485 e. The molecule has 0 radical (unpaired) electrons. The number of pyridine rings is 2. The Bertz CT molecular complexity index is 1970. The van der Waals surface area contributed by atoms with Crippen LogP contribution >= 0.6 is 63.9 Å². The zero-order chi connectivity index (χ0) is 33.5. The first-order valence-electron chi connectivity index (χ1n) is 14.3. The first-order valence-corrected chi connectivity index (χ1v) is 15.9. The molecule has 3 amide bonds. The van der Waals surface area contributed by atoms with Crippen molar-refractivity contribution in [3.63, 3.8) is 0 Å². The maximum absolute atomic E-state index is 13.0. The van der Waals surface area contributed by atoms with Gasteiger partial charge in [0, 0.05) is 48.0 Å². The maximum Gasteiger partial charge on any atom is 0.246 e. The monoisotopic (exact) mass is 806 g/mol. The van der Waals surface area contributed by atoms with Gasteiger partial charge >= 0.3 is 0 Å². The number of benzene rings is 2. The van der Waals surface area contributed by atoms with Gasteiger partial charge in [-0.25, -0.2) is 4.98 Å². The van der Waals surface area contributed by atoms with Gasteiger partial charge in [-0.1, -0.05) is 35.3 Å². The van der Waals surface area contributed by atoms with Crippen LogP contribution < -0.4 is 20.3 Å². The second kappa shape index (κ2) is 18.0. The molecular weight excluding hydrogens is 778 g/mol. The van der Waals surface area contributed by atoms with E-state index in [0.29, 0.717) is 33.4 Å². The van der Waals surface area contributed by atoms with E-state index in [1.807, 2.05) is 23.6 Å². The summed E-state index contributed by atoms with van der Waals surface area (Å²) >= 11 is 16.7. The molecule has 0 bridgehead atoms. The molecule has 0 aliphatic heterocycles. The van der Waals surface area contributed by atoms with Gasteiger partial charge in [0.25, 0.3) is 0 Å². The van der Waals surface area contributed by atoms with Crippen LogP contribution in [0, 0.1) is 6.92 Å². The van der Waals surface area contributed by atoms with Gasteiger partial charge in [-0.15, -0.1) is 24.8 Å². The highest BCUT2D eigenvalue weighted by molar-refractivity contribution is 9.10. The first-order chi connectivity index (χ1) is 22.6. The predicted molar refractivity (Wildman–Crippen MR) is 201 cm³/mol. The fraction of sp³-hybridized carbons (Fsp3) is 0.147. The van der Waals surface area contributed by atoms with E-state index < -0.39 is 11.8 Å². The van der Waals surface area contributed by atoms with E-state index in [1.54, 1.807) is 80.1 Å². The van der Waals surface area contributed by atoms with Crippen molar-refractivity contribution in [3.05, 3.63) is 122 Å². The largest absolute Gasteiger partial charge is 0.485 e. The second-order valence-corrected chi connectivity index (χ2v) is 11.9. The molecule has 2 N–H and O–H groups in total. The normalized spacial score (nSPS) is 10.6. The van der Waals surface area contributed by atoms with Gasteiger partial charge in [0.2, 0.25) is 17.7 Å². The van der Waals surface area contributed by atoms with Crippen molar-refractivity contribution in [3.8, 4) is 5.75 Å². The zero-order valence-corrected chi connectivity index (χ0v) is 30.9. The van der Waals surface area contributed by atoms with Crippen molar-refractivity contribution in [2.45, 2.75) is 20.0 Å².